The Hall–Kier alpha value is -3.48. The van der Waals surface area contributed by atoms with Gasteiger partial charge in [0.05, 0.1) is 5.56 Å². The third-order valence-corrected chi connectivity index (χ3v) is 4.82. The Morgan fingerprint density at radius 1 is 1.00 bits per heavy atom. The largest absolute Gasteiger partial charge is 0.341 e. The van der Waals surface area contributed by atoms with Crippen LogP contribution in [0.1, 0.15) is 35.3 Å². The van der Waals surface area contributed by atoms with E-state index in [1.807, 2.05) is 37.3 Å². The van der Waals surface area contributed by atoms with Gasteiger partial charge >= 0.3 is 0 Å². The summed E-state index contributed by atoms with van der Waals surface area (Å²) in [6.45, 7) is 4.00. The molecule has 7 heteroatoms. The van der Waals surface area contributed by atoms with Gasteiger partial charge in [0.1, 0.15) is 5.82 Å². The molecular formula is C22H24N6O. The Bertz CT molecular complexity index is 968. The third-order valence-electron chi connectivity index (χ3n) is 4.82. The van der Waals surface area contributed by atoms with E-state index in [4.69, 9.17) is 4.98 Å². The van der Waals surface area contributed by atoms with Crippen LogP contribution in [0.4, 0.5) is 23.1 Å². The quantitative estimate of drug-likeness (QED) is 0.683. The SMILES string of the molecule is Cc1cc(Nc2ccc(NC(=O)c3cccnc3)cc2)nc(N2CCCCC2)n1. The van der Waals surface area contributed by atoms with E-state index in [1.54, 1.807) is 24.5 Å². The Labute approximate surface area is 170 Å². The van der Waals surface area contributed by atoms with E-state index < -0.39 is 0 Å². The smallest absolute Gasteiger partial charge is 0.257 e. The first-order valence-electron chi connectivity index (χ1n) is 9.86. The average Bonchev–Trinajstić information content (AvgIpc) is 2.76. The molecule has 1 aromatic carbocycles. The number of nitrogens with zero attached hydrogens (tertiary/aromatic N) is 4. The van der Waals surface area contributed by atoms with Gasteiger partial charge in [0.15, 0.2) is 0 Å². The number of nitrogens with one attached hydrogen (secondary N) is 2. The highest BCUT2D eigenvalue weighted by Crippen LogP contribution is 2.22. The van der Waals surface area contributed by atoms with Crippen molar-refractivity contribution >= 4 is 29.0 Å². The number of aromatic nitrogens is 3. The Morgan fingerprint density at radius 2 is 1.76 bits per heavy atom. The molecule has 0 atom stereocenters. The van der Waals surface area contributed by atoms with E-state index in [9.17, 15) is 4.79 Å². The molecule has 4 rings (SSSR count). The molecule has 0 spiro atoms. The minimum absolute atomic E-state index is 0.184. The summed E-state index contributed by atoms with van der Waals surface area (Å²) < 4.78 is 0. The molecule has 0 saturated carbocycles. The second-order valence-corrected chi connectivity index (χ2v) is 7.14. The Kier molecular flexibility index (Phi) is 5.65. The van der Waals surface area contributed by atoms with Gasteiger partial charge < -0.3 is 15.5 Å². The van der Waals surface area contributed by atoms with Crippen molar-refractivity contribution in [3.8, 4) is 0 Å². The lowest BCUT2D eigenvalue weighted by Crippen LogP contribution is -2.31. The van der Waals surface area contributed by atoms with Crippen LogP contribution >= 0.6 is 0 Å². The minimum Gasteiger partial charge on any atom is -0.341 e. The minimum atomic E-state index is -0.184. The van der Waals surface area contributed by atoms with Crippen LogP contribution in [0.3, 0.4) is 0 Å². The highest BCUT2D eigenvalue weighted by Gasteiger charge is 2.14. The van der Waals surface area contributed by atoms with Crippen molar-refractivity contribution in [1.82, 2.24) is 15.0 Å². The molecule has 2 N–H and O–H groups in total. The Balaban J connectivity index is 1.43. The number of piperidine rings is 1. The van der Waals surface area contributed by atoms with Crippen molar-refractivity contribution in [3.63, 3.8) is 0 Å². The van der Waals surface area contributed by atoms with E-state index >= 15 is 0 Å². The molecule has 1 fully saturated rings. The molecule has 1 aliphatic heterocycles. The normalized spacial score (nSPS) is 13.8. The lowest BCUT2D eigenvalue weighted by atomic mass is 10.1. The highest BCUT2D eigenvalue weighted by atomic mass is 16.1. The maximum absolute atomic E-state index is 12.2. The summed E-state index contributed by atoms with van der Waals surface area (Å²) in [6.07, 6.45) is 6.83. The van der Waals surface area contributed by atoms with Crippen molar-refractivity contribution in [2.24, 2.45) is 0 Å². The molecule has 29 heavy (non-hydrogen) atoms. The number of amides is 1. The van der Waals surface area contributed by atoms with Crippen LogP contribution in [0.2, 0.25) is 0 Å². The van der Waals surface area contributed by atoms with Crippen molar-refractivity contribution in [2.75, 3.05) is 28.6 Å². The van der Waals surface area contributed by atoms with E-state index in [2.05, 4.69) is 25.5 Å². The fourth-order valence-corrected chi connectivity index (χ4v) is 3.34. The van der Waals surface area contributed by atoms with Crippen molar-refractivity contribution in [1.29, 1.82) is 0 Å². The van der Waals surface area contributed by atoms with Crippen LogP contribution in [0.25, 0.3) is 0 Å². The number of carbonyl (C=O) groups excluding carboxylic acids is 1. The fourth-order valence-electron chi connectivity index (χ4n) is 3.34. The van der Waals surface area contributed by atoms with Gasteiger partial charge in [-0.25, -0.2) is 4.98 Å². The zero-order chi connectivity index (χ0) is 20.1. The number of rotatable bonds is 5. The number of pyridine rings is 1. The van der Waals surface area contributed by atoms with E-state index in [-0.39, 0.29) is 5.91 Å². The predicted octanol–water partition coefficient (Wildman–Crippen LogP) is 4.17. The second-order valence-electron chi connectivity index (χ2n) is 7.14. The summed E-state index contributed by atoms with van der Waals surface area (Å²) in [4.78, 5) is 27.7. The van der Waals surface area contributed by atoms with E-state index in [0.29, 0.717) is 5.56 Å². The molecule has 1 amide bonds. The van der Waals surface area contributed by atoms with Crippen molar-refractivity contribution in [2.45, 2.75) is 26.2 Å². The van der Waals surface area contributed by atoms with Gasteiger partial charge in [-0.15, -0.1) is 0 Å². The number of anilines is 4. The summed E-state index contributed by atoms with van der Waals surface area (Å²) in [6, 6.07) is 12.9. The van der Waals surface area contributed by atoms with Gasteiger partial charge in [-0.05, 0) is 62.6 Å². The van der Waals surface area contributed by atoms with E-state index in [1.165, 1.54) is 19.3 Å². The molecule has 0 aliphatic carbocycles. The predicted molar refractivity (Wildman–Crippen MR) is 115 cm³/mol. The van der Waals surface area contributed by atoms with Crippen LogP contribution in [-0.2, 0) is 0 Å². The molecule has 0 unspecified atom stereocenters. The molecule has 0 bridgehead atoms. The maximum atomic E-state index is 12.2. The summed E-state index contributed by atoms with van der Waals surface area (Å²) in [5, 5.41) is 6.21. The fraction of sp³-hybridized carbons (Fsp3) is 0.273. The first-order valence-corrected chi connectivity index (χ1v) is 9.86. The molecule has 148 valence electrons. The molecule has 3 heterocycles. The number of aryl methyl sites for hydroxylation is 1. The van der Waals surface area contributed by atoms with Gasteiger partial charge in [0, 0.05) is 48.6 Å². The van der Waals surface area contributed by atoms with Crippen LogP contribution < -0.4 is 15.5 Å². The lowest BCUT2D eigenvalue weighted by Gasteiger charge is -2.27. The van der Waals surface area contributed by atoms with Crippen LogP contribution in [0.15, 0.2) is 54.9 Å². The zero-order valence-corrected chi connectivity index (χ0v) is 16.4. The van der Waals surface area contributed by atoms with Crippen LogP contribution in [0, 0.1) is 6.92 Å². The summed E-state index contributed by atoms with van der Waals surface area (Å²) >= 11 is 0. The second kappa shape index (κ2) is 8.68. The van der Waals surface area contributed by atoms with Gasteiger partial charge in [-0.3, -0.25) is 9.78 Å². The molecule has 3 aromatic rings. The topological polar surface area (TPSA) is 83.0 Å². The van der Waals surface area contributed by atoms with Crippen molar-refractivity contribution < 1.29 is 4.79 Å². The van der Waals surface area contributed by atoms with Gasteiger partial charge in [0.25, 0.3) is 5.91 Å². The molecule has 7 nitrogen and oxygen atoms in total. The zero-order valence-electron chi connectivity index (χ0n) is 16.4. The summed E-state index contributed by atoms with van der Waals surface area (Å²) in [5.41, 5.74) is 3.07. The molecule has 1 aliphatic rings. The summed E-state index contributed by atoms with van der Waals surface area (Å²) in [5.74, 6) is 1.37. The van der Waals surface area contributed by atoms with E-state index in [0.717, 1.165) is 41.9 Å². The summed E-state index contributed by atoms with van der Waals surface area (Å²) in [7, 11) is 0. The monoisotopic (exact) mass is 388 g/mol. The first-order chi connectivity index (χ1) is 14.2. The number of benzene rings is 1. The van der Waals surface area contributed by atoms with Gasteiger partial charge in [-0.1, -0.05) is 0 Å². The van der Waals surface area contributed by atoms with Gasteiger partial charge in [0.2, 0.25) is 5.95 Å². The first kappa shape index (κ1) is 18.9. The lowest BCUT2D eigenvalue weighted by molar-refractivity contribution is 0.102. The molecular weight excluding hydrogens is 364 g/mol. The van der Waals surface area contributed by atoms with Crippen molar-refractivity contribution in [3.05, 3.63) is 66.1 Å². The Morgan fingerprint density at radius 3 is 2.48 bits per heavy atom. The van der Waals surface area contributed by atoms with Crippen LogP contribution in [0.5, 0.6) is 0 Å². The van der Waals surface area contributed by atoms with Crippen LogP contribution in [-0.4, -0.2) is 33.9 Å². The number of hydrogen-bond donors (Lipinski definition) is 2. The number of hydrogen-bond acceptors (Lipinski definition) is 6. The molecule has 2 aromatic heterocycles. The maximum Gasteiger partial charge on any atom is 0.257 e. The molecule has 1 saturated heterocycles. The average molecular weight is 388 g/mol. The third kappa shape index (κ3) is 4.87. The standard InChI is InChI=1S/C22H24N6O/c1-16-14-20(27-22(24-16)28-12-3-2-4-13-28)25-18-7-9-19(10-8-18)26-21(29)17-6-5-11-23-15-17/h5-11,14-15H,2-4,12-13H2,1H3,(H,26,29)(H,24,25,27). The molecule has 0 radical (unpaired) electrons. The number of carbonyl (C=O) groups is 1. The van der Waals surface area contributed by atoms with Gasteiger partial charge in [-0.2, -0.15) is 4.98 Å². The highest BCUT2D eigenvalue weighted by molar-refractivity contribution is 6.04.